The Balaban J connectivity index is 2.26. The standard InChI is InChI=1S/C14H23NO2/c1-14(2,3)8-13(17)10-15-9-11-4-6-12(16)7-5-11/h4-7,13,15-17H,8-10H2,1-3H3. The van der Waals surface area contributed by atoms with Crippen molar-refractivity contribution in [1.82, 2.24) is 5.32 Å². The predicted octanol–water partition coefficient (Wildman–Crippen LogP) is 2.28. The minimum Gasteiger partial charge on any atom is -0.508 e. The van der Waals surface area contributed by atoms with Crippen LogP contribution in [-0.4, -0.2) is 22.9 Å². The summed E-state index contributed by atoms with van der Waals surface area (Å²) in [6, 6.07) is 7.09. The van der Waals surface area contributed by atoms with Gasteiger partial charge in [0.25, 0.3) is 0 Å². The highest BCUT2D eigenvalue weighted by Gasteiger charge is 2.15. The largest absolute Gasteiger partial charge is 0.508 e. The molecule has 0 aliphatic carbocycles. The fourth-order valence-corrected chi connectivity index (χ4v) is 1.78. The van der Waals surface area contributed by atoms with Crippen LogP contribution in [0.4, 0.5) is 0 Å². The lowest BCUT2D eigenvalue weighted by Crippen LogP contribution is -2.29. The third-order valence-corrected chi connectivity index (χ3v) is 2.49. The van der Waals surface area contributed by atoms with Gasteiger partial charge in [0, 0.05) is 13.1 Å². The van der Waals surface area contributed by atoms with Crippen LogP contribution in [0.15, 0.2) is 24.3 Å². The number of aliphatic hydroxyl groups is 1. The van der Waals surface area contributed by atoms with E-state index < -0.39 is 0 Å². The van der Waals surface area contributed by atoms with Crippen LogP contribution in [0.1, 0.15) is 32.8 Å². The predicted molar refractivity (Wildman–Crippen MR) is 69.9 cm³/mol. The first-order chi connectivity index (χ1) is 7.87. The molecule has 1 unspecified atom stereocenters. The van der Waals surface area contributed by atoms with Gasteiger partial charge in [-0.3, -0.25) is 0 Å². The van der Waals surface area contributed by atoms with Crippen molar-refractivity contribution in [3.63, 3.8) is 0 Å². The molecule has 1 aromatic rings. The van der Waals surface area contributed by atoms with Gasteiger partial charge >= 0.3 is 0 Å². The topological polar surface area (TPSA) is 52.5 Å². The summed E-state index contributed by atoms with van der Waals surface area (Å²) in [5.74, 6) is 0.279. The van der Waals surface area contributed by atoms with Crippen LogP contribution in [0.2, 0.25) is 0 Å². The Kier molecular flexibility index (Phi) is 4.97. The lowest BCUT2D eigenvalue weighted by Gasteiger charge is -2.22. The van der Waals surface area contributed by atoms with Crippen LogP contribution in [0.5, 0.6) is 5.75 Å². The Morgan fingerprint density at radius 3 is 2.29 bits per heavy atom. The molecule has 0 aromatic heterocycles. The number of phenolic OH excluding ortho intramolecular Hbond substituents is 1. The molecule has 0 fully saturated rings. The summed E-state index contributed by atoms with van der Waals surface area (Å²) in [5, 5.41) is 22.2. The number of nitrogens with one attached hydrogen (secondary N) is 1. The zero-order chi connectivity index (χ0) is 12.9. The number of aliphatic hydroxyl groups excluding tert-OH is 1. The van der Waals surface area contributed by atoms with Gasteiger partial charge in [0.1, 0.15) is 5.75 Å². The fraction of sp³-hybridized carbons (Fsp3) is 0.571. The van der Waals surface area contributed by atoms with Gasteiger partial charge in [-0.25, -0.2) is 0 Å². The summed E-state index contributed by atoms with van der Waals surface area (Å²) < 4.78 is 0. The lowest BCUT2D eigenvalue weighted by molar-refractivity contribution is 0.119. The molecule has 1 aromatic carbocycles. The normalized spacial score (nSPS) is 13.6. The lowest BCUT2D eigenvalue weighted by atomic mass is 9.89. The third kappa shape index (κ3) is 6.29. The molecule has 3 nitrogen and oxygen atoms in total. The zero-order valence-electron chi connectivity index (χ0n) is 10.9. The number of rotatable bonds is 5. The monoisotopic (exact) mass is 237 g/mol. The van der Waals surface area contributed by atoms with Crippen LogP contribution in [0.3, 0.4) is 0 Å². The van der Waals surface area contributed by atoms with Crippen molar-refractivity contribution in [2.75, 3.05) is 6.54 Å². The van der Waals surface area contributed by atoms with Gasteiger partial charge in [0.2, 0.25) is 0 Å². The third-order valence-electron chi connectivity index (χ3n) is 2.49. The second-order valence-corrected chi connectivity index (χ2v) is 5.72. The minimum atomic E-state index is -0.313. The van der Waals surface area contributed by atoms with E-state index in [1.54, 1.807) is 12.1 Å². The van der Waals surface area contributed by atoms with E-state index in [2.05, 4.69) is 26.1 Å². The van der Waals surface area contributed by atoms with Crippen molar-refractivity contribution >= 4 is 0 Å². The highest BCUT2D eigenvalue weighted by Crippen LogP contribution is 2.20. The molecular weight excluding hydrogens is 214 g/mol. The molecule has 0 saturated carbocycles. The highest BCUT2D eigenvalue weighted by molar-refractivity contribution is 5.25. The van der Waals surface area contributed by atoms with Crippen molar-refractivity contribution < 1.29 is 10.2 Å². The molecule has 3 N–H and O–H groups in total. The van der Waals surface area contributed by atoms with Gasteiger partial charge in [0.05, 0.1) is 6.10 Å². The second kappa shape index (κ2) is 6.03. The second-order valence-electron chi connectivity index (χ2n) is 5.72. The Morgan fingerprint density at radius 2 is 1.76 bits per heavy atom. The summed E-state index contributed by atoms with van der Waals surface area (Å²) in [6.07, 6.45) is 0.474. The van der Waals surface area contributed by atoms with Crippen LogP contribution in [0.25, 0.3) is 0 Å². The average molecular weight is 237 g/mol. The van der Waals surface area contributed by atoms with Crippen LogP contribution in [-0.2, 0) is 6.54 Å². The van der Waals surface area contributed by atoms with Crippen molar-refractivity contribution in [3.8, 4) is 5.75 Å². The molecule has 3 heteroatoms. The Labute approximate surface area is 103 Å². The molecular formula is C14H23NO2. The van der Waals surface area contributed by atoms with Gasteiger partial charge in [-0.1, -0.05) is 32.9 Å². The maximum absolute atomic E-state index is 9.80. The van der Waals surface area contributed by atoms with Crippen LogP contribution in [0, 0.1) is 5.41 Å². The smallest absolute Gasteiger partial charge is 0.115 e. The SMILES string of the molecule is CC(C)(C)CC(O)CNCc1ccc(O)cc1. The summed E-state index contributed by atoms with van der Waals surface area (Å²) in [6.45, 7) is 7.67. The van der Waals surface area contributed by atoms with Crippen molar-refractivity contribution in [2.45, 2.75) is 39.8 Å². The molecule has 17 heavy (non-hydrogen) atoms. The van der Waals surface area contributed by atoms with E-state index in [0.717, 1.165) is 12.0 Å². The van der Waals surface area contributed by atoms with Crippen molar-refractivity contribution in [1.29, 1.82) is 0 Å². The molecule has 1 atom stereocenters. The summed E-state index contributed by atoms with van der Waals surface area (Å²) in [5.41, 5.74) is 1.25. The van der Waals surface area contributed by atoms with E-state index in [-0.39, 0.29) is 17.3 Å². The Hall–Kier alpha value is -1.06. The van der Waals surface area contributed by atoms with Crippen LogP contribution < -0.4 is 5.32 Å². The minimum absolute atomic E-state index is 0.152. The number of hydrogen-bond donors (Lipinski definition) is 3. The van der Waals surface area contributed by atoms with Gasteiger partial charge in [-0.2, -0.15) is 0 Å². The number of hydrogen-bond acceptors (Lipinski definition) is 3. The number of aromatic hydroxyl groups is 1. The Morgan fingerprint density at radius 1 is 1.18 bits per heavy atom. The van der Waals surface area contributed by atoms with E-state index in [1.165, 1.54) is 0 Å². The molecule has 0 amide bonds. The average Bonchev–Trinajstić information content (AvgIpc) is 2.18. The first kappa shape index (κ1) is 14.0. The first-order valence-corrected chi connectivity index (χ1v) is 6.03. The van der Waals surface area contributed by atoms with Gasteiger partial charge in [0.15, 0.2) is 0 Å². The molecule has 1 rings (SSSR count). The van der Waals surface area contributed by atoms with Crippen molar-refractivity contribution in [2.24, 2.45) is 5.41 Å². The van der Waals surface area contributed by atoms with Gasteiger partial charge in [-0.15, -0.1) is 0 Å². The van der Waals surface area contributed by atoms with Gasteiger partial charge < -0.3 is 15.5 Å². The molecule has 0 aliphatic heterocycles. The Bertz CT molecular complexity index is 327. The summed E-state index contributed by atoms with van der Waals surface area (Å²) in [7, 11) is 0. The van der Waals surface area contributed by atoms with Crippen LogP contribution >= 0.6 is 0 Å². The van der Waals surface area contributed by atoms with E-state index in [1.807, 2.05) is 12.1 Å². The number of phenols is 1. The molecule has 0 spiro atoms. The van der Waals surface area contributed by atoms with E-state index in [9.17, 15) is 5.11 Å². The summed E-state index contributed by atoms with van der Waals surface area (Å²) >= 11 is 0. The highest BCUT2D eigenvalue weighted by atomic mass is 16.3. The molecule has 0 aliphatic rings. The van der Waals surface area contributed by atoms with Gasteiger partial charge in [-0.05, 0) is 29.5 Å². The zero-order valence-corrected chi connectivity index (χ0v) is 10.9. The van der Waals surface area contributed by atoms with E-state index in [4.69, 9.17) is 5.11 Å². The van der Waals surface area contributed by atoms with E-state index in [0.29, 0.717) is 13.1 Å². The fourth-order valence-electron chi connectivity index (χ4n) is 1.78. The molecule has 0 bridgehead atoms. The number of benzene rings is 1. The molecule has 96 valence electrons. The molecule has 0 heterocycles. The first-order valence-electron chi connectivity index (χ1n) is 6.03. The maximum Gasteiger partial charge on any atom is 0.115 e. The molecule has 0 radical (unpaired) electrons. The quantitative estimate of drug-likeness (QED) is 0.736. The molecule has 0 saturated heterocycles. The van der Waals surface area contributed by atoms with E-state index >= 15 is 0 Å². The summed E-state index contributed by atoms with van der Waals surface area (Å²) in [4.78, 5) is 0. The maximum atomic E-state index is 9.80. The van der Waals surface area contributed by atoms with Crippen molar-refractivity contribution in [3.05, 3.63) is 29.8 Å².